The van der Waals surface area contributed by atoms with E-state index in [4.69, 9.17) is 21.1 Å². The van der Waals surface area contributed by atoms with Crippen molar-refractivity contribution in [2.24, 2.45) is 0 Å². The number of halogens is 1. The summed E-state index contributed by atoms with van der Waals surface area (Å²) in [6, 6.07) is 5.92. The fourth-order valence-corrected chi connectivity index (χ4v) is 2.72. The van der Waals surface area contributed by atoms with Gasteiger partial charge in [0.25, 0.3) is 0 Å². The minimum atomic E-state index is -0.211. The third kappa shape index (κ3) is 4.11. The van der Waals surface area contributed by atoms with E-state index in [2.05, 4.69) is 19.2 Å². The Morgan fingerprint density at radius 1 is 1.35 bits per heavy atom. The average Bonchev–Trinajstić information content (AvgIpc) is 2.45. The molecule has 2 atom stereocenters. The summed E-state index contributed by atoms with van der Waals surface area (Å²) in [6.45, 7) is 7.03. The largest absolute Gasteiger partial charge is 0.496 e. The summed E-state index contributed by atoms with van der Waals surface area (Å²) in [5.74, 6) is 0.865. The van der Waals surface area contributed by atoms with Gasteiger partial charge in [-0.05, 0) is 57.5 Å². The summed E-state index contributed by atoms with van der Waals surface area (Å²) in [6.07, 6.45) is 1.75. The number of nitrogens with one attached hydrogen (secondary N) is 1. The van der Waals surface area contributed by atoms with Crippen molar-refractivity contribution in [2.75, 3.05) is 20.8 Å². The maximum atomic E-state index is 6.10. The van der Waals surface area contributed by atoms with Crippen LogP contribution in [0.25, 0.3) is 0 Å². The lowest BCUT2D eigenvalue weighted by atomic mass is 9.88. The van der Waals surface area contributed by atoms with E-state index >= 15 is 0 Å². The van der Waals surface area contributed by atoms with E-state index < -0.39 is 0 Å². The predicted molar refractivity (Wildman–Crippen MR) is 84.9 cm³/mol. The normalized spacial score (nSPS) is 15.7. The monoisotopic (exact) mass is 299 g/mol. The molecule has 0 bridgehead atoms. The van der Waals surface area contributed by atoms with E-state index in [9.17, 15) is 0 Å². The third-order valence-corrected chi connectivity index (χ3v) is 4.16. The molecule has 0 aromatic heterocycles. The van der Waals surface area contributed by atoms with Crippen LogP contribution in [0.3, 0.4) is 0 Å². The van der Waals surface area contributed by atoms with Crippen LogP contribution in [-0.2, 0) is 11.2 Å². The molecule has 0 aliphatic carbocycles. The third-order valence-electron chi connectivity index (χ3n) is 3.93. The van der Waals surface area contributed by atoms with E-state index in [1.54, 1.807) is 7.11 Å². The van der Waals surface area contributed by atoms with E-state index in [0.29, 0.717) is 6.61 Å². The van der Waals surface area contributed by atoms with Crippen LogP contribution in [0.2, 0.25) is 5.02 Å². The molecule has 0 spiro atoms. The highest BCUT2D eigenvalue weighted by Gasteiger charge is 2.32. The molecule has 0 fully saturated rings. The lowest BCUT2D eigenvalue weighted by Gasteiger charge is -2.37. The van der Waals surface area contributed by atoms with Gasteiger partial charge < -0.3 is 14.8 Å². The first-order valence-corrected chi connectivity index (χ1v) is 7.52. The fourth-order valence-electron chi connectivity index (χ4n) is 2.53. The fraction of sp³-hybridized carbons (Fsp3) is 0.625. The topological polar surface area (TPSA) is 30.5 Å². The van der Waals surface area contributed by atoms with Crippen LogP contribution in [0.4, 0.5) is 0 Å². The van der Waals surface area contributed by atoms with Crippen LogP contribution in [0.15, 0.2) is 18.2 Å². The Morgan fingerprint density at radius 3 is 2.55 bits per heavy atom. The first-order valence-electron chi connectivity index (χ1n) is 7.14. The van der Waals surface area contributed by atoms with Gasteiger partial charge in [0, 0.05) is 17.7 Å². The number of rotatable bonds is 8. The molecule has 114 valence electrons. The van der Waals surface area contributed by atoms with Gasteiger partial charge in [-0.25, -0.2) is 0 Å². The SMILES string of the molecule is CCOC(C)(CC)C(Cc1cc(Cl)ccc1OC)NC. The number of hydrogen-bond donors (Lipinski definition) is 1. The number of likely N-dealkylation sites (N-methyl/N-ethyl adjacent to an activating group) is 1. The molecule has 4 heteroatoms. The molecule has 1 aromatic carbocycles. The number of methoxy groups -OCH3 is 1. The molecule has 0 amide bonds. The van der Waals surface area contributed by atoms with Crippen molar-refractivity contribution in [1.82, 2.24) is 5.32 Å². The highest BCUT2D eigenvalue weighted by Crippen LogP contribution is 2.28. The summed E-state index contributed by atoms with van der Waals surface area (Å²) in [5.41, 5.74) is 0.885. The molecule has 1 aromatic rings. The zero-order valence-corrected chi connectivity index (χ0v) is 13.9. The highest BCUT2D eigenvalue weighted by atomic mass is 35.5. The minimum absolute atomic E-state index is 0.194. The van der Waals surface area contributed by atoms with Crippen molar-refractivity contribution in [2.45, 2.75) is 45.3 Å². The second-order valence-electron chi connectivity index (χ2n) is 5.10. The Labute approximate surface area is 127 Å². The van der Waals surface area contributed by atoms with Gasteiger partial charge in [0.2, 0.25) is 0 Å². The molecule has 2 unspecified atom stereocenters. The number of hydrogen-bond acceptors (Lipinski definition) is 3. The van der Waals surface area contributed by atoms with Gasteiger partial charge in [-0.15, -0.1) is 0 Å². The second kappa shape index (κ2) is 7.87. The molecule has 0 radical (unpaired) electrons. The van der Waals surface area contributed by atoms with Crippen LogP contribution in [-0.4, -0.2) is 32.4 Å². The first-order chi connectivity index (χ1) is 9.50. The lowest BCUT2D eigenvalue weighted by molar-refractivity contribution is -0.0534. The minimum Gasteiger partial charge on any atom is -0.496 e. The summed E-state index contributed by atoms with van der Waals surface area (Å²) < 4.78 is 11.4. The van der Waals surface area contributed by atoms with Gasteiger partial charge in [0.15, 0.2) is 0 Å². The molecule has 0 aliphatic heterocycles. The summed E-state index contributed by atoms with van der Waals surface area (Å²) in [5, 5.41) is 4.10. The van der Waals surface area contributed by atoms with Gasteiger partial charge in [-0.2, -0.15) is 0 Å². The summed E-state index contributed by atoms with van der Waals surface area (Å²) in [4.78, 5) is 0. The molecule has 1 N–H and O–H groups in total. The summed E-state index contributed by atoms with van der Waals surface area (Å²) in [7, 11) is 3.65. The van der Waals surface area contributed by atoms with Gasteiger partial charge in [-0.1, -0.05) is 18.5 Å². The van der Waals surface area contributed by atoms with Crippen molar-refractivity contribution < 1.29 is 9.47 Å². The molecule has 3 nitrogen and oxygen atoms in total. The Morgan fingerprint density at radius 2 is 2.05 bits per heavy atom. The molecular formula is C16H26ClNO2. The van der Waals surface area contributed by atoms with Crippen molar-refractivity contribution in [3.63, 3.8) is 0 Å². The smallest absolute Gasteiger partial charge is 0.122 e. The Balaban J connectivity index is 3.01. The Kier molecular flexibility index (Phi) is 6.80. The van der Waals surface area contributed by atoms with Crippen molar-refractivity contribution in [3.8, 4) is 5.75 Å². The van der Waals surface area contributed by atoms with Crippen molar-refractivity contribution in [3.05, 3.63) is 28.8 Å². The van der Waals surface area contributed by atoms with Crippen LogP contribution in [0, 0.1) is 0 Å². The summed E-state index contributed by atoms with van der Waals surface area (Å²) >= 11 is 6.10. The molecule has 1 rings (SSSR count). The van der Waals surface area contributed by atoms with E-state index in [1.165, 1.54) is 0 Å². The first kappa shape index (κ1) is 17.3. The van der Waals surface area contributed by atoms with Gasteiger partial charge in [0.1, 0.15) is 5.75 Å². The van der Waals surface area contributed by atoms with E-state index in [0.717, 1.165) is 29.2 Å². The number of ether oxygens (including phenoxy) is 2. The molecule has 0 aliphatic rings. The molecule has 0 saturated heterocycles. The molecule has 0 saturated carbocycles. The van der Waals surface area contributed by atoms with Crippen LogP contribution in [0.1, 0.15) is 32.8 Å². The number of benzene rings is 1. The second-order valence-corrected chi connectivity index (χ2v) is 5.54. The van der Waals surface area contributed by atoms with E-state index in [1.807, 2.05) is 32.2 Å². The molecule has 20 heavy (non-hydrogen) atoms. The van der Waals surface area contributed by atoms with Crippen LogP contribution >= 0.6 is 11.6 Å². The van der Waals surface area contributed by atoms with E-state index in [-0.39, 0.29) is 11.6 Å². The van der Waals surface area contributed by atoms with Crippen molar-refractivity contribution >= 4 is 11.6 Å². The predicted octanol–water partition coefficient (Wildman–Crippen LogP) is 3.68. The molecule has 0 heterocycles. The zero-order chi connectivity index (χ0) is 15.2. The van der Waals surface area contributed by atoms with Gasteiger partial charge >= 0.3 is 0 Å². The Bertz CT molecular complexity index is 425. The highest BCUT2D eigenvalue weighted by molar-refractivity contribution is 6.30. The van der Waals surface area contributed by atoms with Crippen molar-refractivity contribution in [1.29, 1.82) is 0 Å². The van der Waals surface area contributed by atoms with Gasteiger partial charge in [0.05, 0.1) is 12.7 Å². The maximum Gasteiger partial charge on any atom is 0.122 e. The van der Waals surface area contributed by atoms with Gasteiger partial charge in [-0.3, -0.25) is 0 Å². The lowest BCUT2D eigenvalue weighted by Crippen LogP contribution is -2.50. The average molecular weight is 300 g/mol. The van der Waals surface area contributed by atoms with Crippen LogP contribution in [0.5, 0.6) is 5.75 Å². The molecular weight excluding hydrogens is 274 g/mol. The maximum absolute atomic E-state index is 6.10. The quantitative estimate of drug-likeness (QED) is 0.794. The standard InChI is InChI=1S/C16H26ClNO2/c1-6-16(3,20-7-2)15(18-4)11-12-10-13(17)8-9-14(12)19-5/h8-10,15,18H,6-7,11H2,1-5H3. The zero-order valence-electron chi connectivity index (χ0n) is 13.1. The van der Waals surface area contributed by atoms with Crippen LogP contribution < -0.4 is 10.1 Å². The Hall–Kier alpha value is -0.770.